The van der Waals surface area contributed by atoms with Crippen LogP contribution in [0.1, 0.15) is 30.0 Å². The highest BCUT2D eigenvalue weighted by molar-refractivity contribution is 7.09. The molecule has 114 valence electrons. The molecule has 1 N–H and O–H groups in total. The third-order valence-corrected chi connectivity index (χ3v) is 4.59. The fourth-order valence-electron chi connectivity index (χ4n) is 2.07. The molecule has 5 heteroatoms. The van der Waals surface area contributed by atoms with Gasteiger partial charge in [-0.2, -0.15) is 0 Å². The first-order chi connectivity index (χ1) is 9.97. The normalized spacial score (nSPS) is 11.1. The van der Waals surface area contributed by atoms with Crippen molar-refractivity contribution in [1.29, 1.82) is 0 Å². The van der Waals surface area contributed by atoms with Crippen molar-refractivity contribution in [3.63, 3.8) is 0 Å². The van der Waals surface area contributed by atoms with Crippen LogP contribution in [-0.2, 0) is 13.1 Å². The highest BCUT2D eigenvalue weighted by Crippen LogP contribution is 2.28. The molecule has 0 fully saturated rings. The van der Waals surface area contributed by atoms with Crippen LogP contribution in [0.4, 0.5) is 5.69 Å². The Morgan fingerprint density at radius 3 is 2.71 bits per heavy atom. The maximum absolute atomic E-state index is 6.44. The van der Waals surface area contributed by atoms with Crippen molar-refractivity contribution < 1.29 is 0 Å². The maximum atomic E-state index is 6.44. The number of rotatable bonds is 6. The summed E-state index contributed by atoms with van der Waals surface area (Å²) in [7, 11) is 2.06. The van der Waals surface area contributed by atoms with Crippen LogP contribution in [-0.4, -0.2) is 18.1 Å². The first-order valence-electron chi connectivity index (χ1n) is 7.09. The van der Waals surface area contributed by atoms with Gasteiger partial charge in [-0.1, -0.05) is 31.5 Å². The number of hydrogen-bond acceptors (Lipinski definition) is 4. The monoisotopic (exact) mass is 323 g/mol. The lowest BCUT2D eigenvalue weighted by Gasteiger charge is -2.21. The minimum absolute atomic E-state index is 0.473. The fourth-order valence-corrected chi connectivity index (χ4v) is 3.25. The zero-order valence-corrected chi connectivity index (χ0v) is 14.6. The van der Waals surface area contributed by atoms with E-state index >= 15 is 0 Å². The maximum Gasteiger partial charge on any atom is 0.0798 e. The molecule has 0 saturated heterocycles. The van der Waals surface area contributed by atoms with E-state index in [1.807, 2.05) is 18.5 Å². The Morgan fingerprint density at radius 1 is 1.38 bits per heavy atom. The van der Waals surface area contributed by atoms with Gasteiger partial charge in [0.2, 0.25) is 0 Å². The van der Waals surface area contributed by atoms with E-state index in [1.54, 1.807) is 11.3 Å². The van der Waals surface area contributed by atoms with Gasteiger partial charge in [-0.15, -0.1) is 11.3 Å². The second-order valence-corrected chi connectivity index (χ2v) is 6.88. The van der Waals surface area contributed by atoms with E-state index in [9.17, 15) is 0 Å². The number of nitrogens with zero attached hydrogens (tertiary/aromatic N) is 2. The molecule has 3 nitrogen and oxygen atoms in total. The van der Waals surface area contributed by atoms with Crippen molar-refractivity contribution in [2.24, 2.45) is 0 Å². The van der Waals surface area contributed by atoms with E-state index in [4.69, 9.17) is 11.6 Å². The molecule has 0 aliphatic heterocycles. The number of benzene rings is 1. The Bertz CT molecular complexity index is 595. The first kappa shape index (κ1) is 16.3. The molecule has 0 aliphatic carbocycles. The summed E-state index contributed by atoms with van der Waals surface area (Å²) in [5, 5.41) is 4.20. The van der Waals surface area contributed by atoms with E-state index in [-0.39, 0.29) is 0 Å². The van der Waals surface area contributed by atoms with Crippen molar-refractivity contribution in [3.8, 4) is 0 Å². The van der Waals surface area contributed by atoms with Gasteiger partial charge in [0.25, 0.3) is 0 Å². The van der Waals surface area contributed by atoms with Crippen LogP contribution < -0.4 is 10.2 Å². The van der Waals surface area contributed by atoms with Crippen LogP contribution >= 0.6 is 22.9 Å². The standard InChI is InChI=1S/C16H22ClN3S/c1-11(2)18-8-13-5-6-15(14(17)7-13)20(4)9-16-12(3)19-10-21-16/h5-7,10-11,18H,8-9H2,1-4H3. The van der Waals surface area contributed by atoms with Crippen LogP contribution in [0.2, 0.25) is 5.02 Å². The summed E-state index contributed by atoms with van der Waals surface area (Å²) >= 11 is 8.12. The van der Waals surface area contributed by atoms with Crippen molar-refractivity contribution in [3.05, 3.63) is 44.9 Å². The Hall–Kier alpha value is -1.10. The minimum atomic E-state index is 0.473. The molecule has 2 rings (SSSR count). The number of thiazole rings is 1. The summed E-state index contributed by atoms with van der Waals surface area (Å²) in [4.78, 5) is 7.74. The highest BCUT2D eigenvalue weighted by Gasteiger charge is 2.10. The number of anilines is 1. The Morgan fingerprint density at radius 2 is 2.14 bits per heavy atom. The van der Waals surface area contributed by atoms with Gasteiger partial charge in [0, 0.05) is 24.5 Å². The SMILES string of the molecule is Cc1ncsc1CN(C)c1ccc(CNC(C)C)cc1Cl. The fraction of sp³-hybridized carbons (Fsp3) is 0.438. The molecule has 0 amide bonds. The minimum Gasteiger partial charge on any atom is -0.368 e. The number of halogens is 1. The predicted molar refractivity (Wildman–Crippen MR) is 92.4 cm³/mol. The van der Waals surface area contributed by atoms with Gasteiger partial charge in [-0.3, -0.25) is 0 Å². The van der Waals surface area contributed by atoms with Gasteiger partial charge in [0.05, 0.1) is 28.5 Å². The summed E-state index contributed by atoms with van der Waals surface area (Å²) in [6.07, 6.45) is 0. The summed E-state index contributed by atoms with van der Waals surface area (Å²) in [5.74, 6) is 0. The molecule has 0 bridgehead atoms. The third-order valence-electron chi connectivity index (χ3n) is 3.36. The number of hydrogen-bond donors (Lipinski definition) is 1. The van der Waals surface area contributed by atoms with Crippen LogP contribution in [0, 0.1) is 6.92 Å². The van der Waals surface area contributed by atoms with E-state index < -0.39 is 0 Å². The Kier molecular flexibility index (Phi) is 5.62. The quantitative estimate of drug-likeness (QED) is 0.861. The molecule has 0 radical (unpaired) electrons. The van der Waals surface area contributed by atoms with E-state index in [1.165, 1.54) is 10.4 Å². The van der Waals surface area contributed by atoms with Gasteiger partial charge < -0.3 is 10.2 Å². The molecule has 1 heterocycles. The molecule has 21 heavy (non-hydrogen) atoms. The second kappa shape index (κ2) is 7.25. The first-order valence-corrected chi connectivity index (χ1v) is 8.35. The highest BCUT2D eigenvalue weighted by atomic mass is 35.5. The molecule has 2 aromatic rings. The van der Waals surface area contributed by atoms with E-state index in [0.29, 0.717) is 6.04 Å². The Labute approximate surface area is 136 Å². The van der Waals surface area contributed by atoms with Gasteiger partial charge >= 0.3 is 0 Å². The van der Waals surface area contributed by atoms with Gasteiger partial charge in [0.1, 0.15) is 0 Å². The van der Waals surface area contributed by atoms with E-state index in [0.717, 1.165) is 29.5 Å². The topological polar surface area (TPSA) is 28.2 Å². The molecule has 1 aromatic carbocycles. The summed E-state index contributed by atoms with van der Waals surface area (Å²) in [5.41, 5.74) is 5.25. The zero-order valence-electron chi connectivity index (χ0n) is 13.0. The summed E-state index contributed by atoms with van der Waals surface area (Å²) < 4.78 is 0. The van der Waals surface area contributed by atoms with Crippen molar-refractivity contribution in [1.82, 2.24) is 10.3 Å². The molecule has 1 aromatic heterocycles. The van der Waals surface area contributed by atoms with Crippen LogP contribution in [0.15, 0.2) is 23.7 Å². The largest absolute Gasteiger partial charge is 0.368 e. The molecule has 0 unspecified atom stereocenters. The second-order valence-electron chi connectivity index (χ2n) is 5.54. The Balaban J connectivity index is 2.07. The molecular formula is C16H22ClN3S. The average Bonchev–Trinajstić information content (AvgIpc) is 2.82. The zero-order chi connectivity index (χ0) is 15.4. The van der Waals surface area contributed by atoms with Crippen molar-refractivity contribution in [2.45, 2.75) is 39.9 Å². The van der Waals surface area contributed by atoms with Crippen molar-refractivity contribution >= 4 is 28.6 Å². The van der Waals surface area contributed by atoms with Crippen molar-refractivity contribution in [2.75, 3.05) is 11.9 Å². The number of aryl methyl sites for hydroxylation is 1. The van der Waals surface area contributed by atoms with Gasteiger partial charge in [0.15, 0.2) is 0 Å². The summed E-state index contributed by atoms with van der Waals surface area (Å²) in [6.45, 7) is 8.00. The lowest BCUT2D eigenvalue weighted by molar-refractivity contribution is 0.589. The number of nitrogens with one attached hydrogen (secondary N) is 1. The average molecular weight is 324 g/mol. The molecule has 0 atom stereocenters. The van der Waals surface area contributed by atoms with Crippen LogP contribution in [0.25, 0.3) is 0 Å². The lowest BCUT2D eigenvalue weighted by atomic mass is 10.2. The predicted octanol–water partition coefficient (Wildman–Crippen LogP) is 4.24. The smallest absolute Gasteiger partial charge is 0.0798 e. The lowest BCUT2D eigenvalue weighted by Crippen LogP contribution is -2.22. The third kappa shape index (κ3) is 4.43. The molecular weight excluding hydrogens is 302 g/mol. The molecule has 0 spiro atoms. The van der Waals surface area contributed by atoms with Gasteiger partial charge in [-0.05, 0) is 24.6 Å². The molecule has 0 aliphatic rings. The molecule has 0 saturated carbocycles. The summed E-state index contributed by atoms with van der Waals surface area (Å²) in [6, 6.07) is 6.74. The van der Waals surface area contributed by atoms with Crippen LogP contribution in [0.3, 0.4) is 0 Å². The number of aromatic nitrogens is 1. The van der Waals surface area contributed by atoms with Crippen LogP contribution in [0.5, 0.6) is 0 Å². The van der Waals surface area contributed by atoms with E-state index in [2.05, 4.69) is 48.2 Å². The van der Waals surface area contributed by atoms with Gasteiger partial charge in [-0.25, -0.2) is 4.98 Å².